The Kier molecular flexibility index (Phi) is 4.52. The maximum atomic E-state index is 10.3. The average Bonchev–Trinajstić information content (AvgIpc) is 3.32. The maximum absolute atomic E-state index is 10.3. The molecule has 0 bridgehead atoms. The highest BCUT2D eigenvalue weighted by Gasteiger charge is 2.44. The first-order valence-corrected chi connectivity index (χ1v) is 8.21. The van der Waals surface area contributed by atoms with Crippen LogP contribution < -0.4 is 5.32 Å². The van der Waals surface area contributed by atoms with Crippen molar-refractivity contribution in [2.75, 3.05) is 32.2 Å². The summed E-state index contributed by atoms with van der Waals surface area (Å²) in [6.45, 7) is 1.54. The highest BCUT2D eigenvalue weighted by molar-refractivity contribution is 5.82. The molecule has 0 aromatic carbocycles. The zero-order valence-electron chi connectivity index (χ0n) is 13.8. The van der Waals surface area contributed by atoms with Crippen molar-refractivity contribution in [1.29, 1.82) is 0 Å². The molecule has 3 N–H and O–H groups in total. The first-order valence-electron chi connectivity index (χ1n) is 8.21. The van der Waals surface area contributed by atoms with Crippen molar-refractivity contribution >= 4 is 17.0 Å². The summed E-state index contributed by atoms with van der Waals surface area (Å²) in [5.74, 6) is 0.612. The van der Waals surface area contributed by atoms with Crippen molar-refractivity contribution in [1.82, 2.24) is 19.5 Å². The number of fused-ring (bicyclic) bond motifs is 1. The highest BCUT2D eigenvalue weighted by atomic mass is 16.6. The average molecular weight is 351 g/mol. The Hall–Kier alpha value is -1.85. The topological polar surface area (TPSA) is 124 Å². The standard InChI is InChI=1S/C15H21N5O5/c1-23-5-9-11(21)12(22)15(25-9)20-7-18-10-13(16-6-17-14(10)20)19-8-2-3-24-4-8/h6-9,11-12,15,21-22H,2-5H2,1H3,(H,16,17,19)/t8-,9-,11-,12-,15-/m1/s1. The first kappa shape index (κ1) is 16.6. The van der Waals surface area contributed by atoms with E-state index in [-0.39, 0.29) is 12.6 Å². The van der Waals surface area contributed by atoms with Gasteiger partial charge in [0.2, 0.25) is 0 Å². The Balaban J connectivity index is 1.62. The molecule has 10 nitrogen and oxygen atoms in total. The lowest BCUT2D eigenvalue weighted by atomic mass is 10.1. The van der Waals surface area contributed by atoms with Crippen LogP contribution in [0.3, 0.4) is 0 Å². The molecule has 0 amide bonds. The summed E-state index contributed by atoms with van der Waals surface area (Å²) in [4.78, 5) is 12.9. The van der Waals surface area contributed by atoms with Gasteiger partial charge in [0.15, 0.2) is 23.2 Å². The molecular formula is C15H21N5O5. The molecule has 2 aliphatic rings. The van der Waals surface area contributed by atoms with Gasteiger partial charge in [0.25, 0.3) is 0 Å². The molecule has 25 heavy (non-hydrogen) atoms. The minimum atomic E-state index is -1.10. The fourth-order valence-corrected chi connectivity index (χ4v) is 3.25. The molecule has 2 aromatic heterocycles. The van der Waals surface area contributed by atoms with Crippen molar-refractivity contribution < 1.29 is 24.4 Å². The van der Waals surface area contributed by atoms with E-state index in [1.807, 2.05) is 0 Å². The van der Waals surface area contributed by atoms with E-state index in [4.69, 9.17) is 14.2 Å². The van der Waals surface area contributed by atoms with Gasteiger partial charge in [-0.1, -0.05) is 0 Å². The van der Waals surface area contributed by atoms with Crippen LogP contribution in [0.5, 0.6) is 0 Å². The van der Waals surface area contributed by atoms with Gasteiger partial charge in [0, 0.05) is 13.7 Å². The Morgan fingerprint density at radius 1 is 1.32 bits per heavy atom. The molecule has 4 heterocycles. The molecular weight excluding hydrogens is 330 g/mol. The third-order valence-corrected chi connectivity index (χ3v) is 4.57. The van der Waals surface area contributed by atoms with Crippen LogP contribution in [0.15, 0.2) is 12.7 Å². The molecule has 10 heteroatoms. The minimum Gasteiger partial charge on any atom is -0.387 e. The number of rotatable bonds is 5. The van der Waals surface area contributed by atoms with Crippen LogP contribution in [-0.2, 0) is 14.2 Å². The van der Waals surface area contributed by atoms with E-state index in [9.17, 15) is 10.2 Å². The van der Waals surface area contributed by atoms with Crippen molar-refractivity contribution in [2.45, 2.75) is 37.0 Å². The number of nitrogens with zero attached hydrogens (tertiary/aromatic N) is 4. The number of ether oxygens (including phenoxy) is 3. The van der Waals surface area contributed by atoms with Crippen LogP contribution in [0, 0.1) is 0 Å². The summed E-state index contributed by atoms with van der Waals surface area (Å²) >= 11 is 0. The van der Waals surface area contributed by atoms with Gasteiger partial charge >= 0.3 is 0 Å². The molecule has 136 valence electrons. The summed E-state index contributed by atoms with van der Waals surface area (Å²) in [7, 11) is 1.51. The van der Waals surface area contributed by atoms with Crippen LogP contribution in [0.4, 0.5) is 5.82 Å². The smallest absolute Gasteiger partial charge is 0.167 e. The number of nitrogens with one attached hydrogen (secondary N) is 1. The molecule has 0 aliphatic carbocycles. The van der Waals surface area contributed by atoms with Gasteiger partial charge in [0.1, 0.15) is 24.6 Å². The Morgan fingerprint density at radius 2 is 2.20 bits per heavy atom. The van der Waals surface area contributed by atoms with E-state index in [1.54, 1.807) is 4.57 Å². The predicted octanol–water partition coefficient (Wildman–Crippen LogP) is -0.707. The normalized spacial score (nSPS) is 32.5. The largest absolute Gasteiger partial charge is 0.387 e. The van der Waals surface area contributed by atoms with Gasteiger partial charge in [-0.25, -0.2) is 15.0 Å². The lowest BCUT2D eigenvalue weighted by molar-refractivity contribution is -0.0580. The van der Waals surface area contributed by atoms with Crippen LogP contribution in [-0.4, -0.2) is 81.0 Å². The van der Waals surface area contributed by atoms with E-state index in [0.29, 0.717) is 23.6 Å². The van der Waals surface area contributed by atoms with Crippen LogP contribution in [0.1, 0.15) is 12.6 Å². The molecule has 2 saturated heterocycles. The quantitative estimate of drug-likeness (QED) is 0.641. The SMILES string of the molecule is COC[C@H]1O[C@@H](n2cnc3c(N[C@@H]4CCOC4)ncnc32)[C@H](O)[C@@H]1O. The predicted molar refractivity (Wildman–Crippen MR) is 86.0 cm³/mol. The van der Waals surface area contributed by atoms with Gasteiger partial charge in [-0.3, -0.25) is 4.57 Å². The Morgan fingerprint density at radius 3 is 2.96 bits per heavy atom. The molecule has 4 rings (SSSR count). The molecule has 0 saturated carbocycles. The second kappa shape index (κ2) is 6.81. The van der Waals surface area contributed by atoms with Gasteiger partial charge in [-0.15, -0.1) is 0 Å². The lowest BCUT2D eigenvalue weighted by Gasteiger charge is -2.17. The van der Waals surface area contributed by atoms with E-state index < -0.39 is 24.5 Å². The van der Waals surface area contributed by atoms with E-state index in [0.717, 1.165) is 13.0 Å². The number of methoxy groups -OCH3 is 1. The van der Waals surface area contributed by atoms with Crippen LogP contribution >= 0.6 is 0 Å². The Labute approximate surface area is 143 Å². The van der Waals surface area contributed by atoms with Crippen molar-refractivity contribution in [2.24, 2.45) is 0 Å². The van der Waals surface area contributed by atoms with Crippen molar-refractivity contribution in [3.63, 3.8) is 0 Å². The van der Waals surface area contributed by atoms with Crippen molar-refractivity contribution in [3.8, 4) is 0 Å². The van der Waals surface area contributed by atoms with E-state index in [2.05, 4.69) is 20.3 Å². The maximum Gasteiger partial charge on any atom is 0.167 e. The second-order valence-corrected chi connectivity index (χ2v) is 6.25. The summed E-state index contributed by atoms with van der Waals surface area (Å²) in [6, 6.07) is 0.185. The number of aliphatic hydroxyl groups excluding tert-OH is 2. The Bertz CT molecular complexity index is 734. The minimum absolute atomic E-state index is 0.185. The number of hydrogen-bond acceptors (Lipinski definition) is 9. The molecule has 2 aliphatic heterocycles. The third kappa shape index (κ3) is 2.96. The summed E-state index contributed by atoms with van der Waals surface area (Å²) in [6.07, 6.45) is 0.315. The zero-order chi connectivity index (χ0) is 17.4. The number of hydrogen-bond donors (Lipinski definition) is 3. The van der Waals surface area contributed by atoms with Crippen LogP contribution in [0.25, 0.3) is 11.2 Å². The molecule has 5 atom stereocenters. The summed E-state index contributed by atoms with van der Waals surface area (Å²) in [5.41, 5.74) is 1.10. The second-order valence-electron chi connectivity index (χ2n) is 6.25. The zero-order valence-corrected chi connectivity index (χ0v) is 13.8. The number of aliphatic hydroxyl groups is 2. The summed E-state index contributed by atoms with van der Waals surface area (Å²) < 4.78 is 17.7. The van der Waals surface area contributed by atoms with Crippen molar-refractivity contribution in [3.05, 3.63) is 12.7 Å². The number of aromatic nitrogens is 4. The third-order valence-electron chi connectivity index (χ3n) is 4.57. The van der Waals surface area contributed by atoms with E-state index >= 15 is 0 Å². The fourth-order valence-electron chi connectivity index (χ4n) is 3.25. The fraction of sp³-hybridized carbons (Fsp3) is 0.667. The van der Waals surface area contributed by atoms with Gasteiger partial charge < -0.3 is 29.7 Å². The van der Waals surface area contributed by atoms with Gasteiger partial charge in [-0.2, -0.15) is 0 Å². The lowest BCUT2D eigenvalue weighted by Crippen LogP contribution is -2.33. The monoisotopic (exact) mass is 351 g/mol. The van der Waals surface area contributed by atoms with E-state index in [1.165, 1.54) is 19.8 Å². The summed E-state index contributed by atoms with van der Waals surface area (Å²) in [5, 5.41) is 23.8. The molecule has 2 fully saturated rings. The van der Waals surface area contributed by atoms with Crippen LogP contribution in [0.2, 0.25) is 0 Å². The number of imidazole rings is 1. The first-order chi connectivity index (χ1) is 12.2. The molecule has 0 unspecified atom stereocenters. The highest BCUT2D eigenvalue weighted by Crippen LogP contribution is 2.32. The van der Waals surface area contributed by atoms with Gasteiger partial charge in [0.05, 0.1) is 25.6 Å². The number of anilines is 1. The van der Waals surface area contributed by atoms with Gasteiger partial charge in [-0.05, 0) is 6.42 Å². The molecule has 0 radical (unpaired) electrons. The molecule has 0 spiro atoms. The molecule has 2 aromatic rings.